The fourth-order valence-electron chi connectivity index (χ4n) is 4.33. The van der Waals surface area contributed by atoms with Gasteiger partial charge < -0.3 is 10.8 Å². The van der Waals surface area contributed by atoms with Crippen LogP contribution in [0.1, 0.15) is 57.6 Å². The van der Waals surface area contributed by atoms with Crippen LogP contribution in [0.25, 0.3) is 0 Å². The summed E-state index contributed by atoms with van der Waals surface area (Å²) in [4.78, 5) is 0. The maximum Gasteiger partial charge on any atom is 0.159 e. The van der Waals surface area contributed by atoms with Crippen molar-refractivity contribution in [2.75, 3.05) is 18.8 Å². The Hall–Kier alpha value is -1.66. The molecule has 2 aromatic rings. The molecular formula is C24H30ClF4IN4O. The molecule has 1 aliphatic heterocycles. The summed E-state index contributed by atoms with van der Waals surface area (Å²) in [6, 6.07) is 4.74. The van der Waals surface area contributed by atoms with Crippen molar-refractivity contribution in [2.45, 2.75) is 52.1 Å². The lowest BCUT2D eigenvalue weighted by Crippen LogP contribution is -2.13. The van der Waals surface area contributed by atoms with Crippen molar-refractivity contribution in [3.05, 3.63) is 56.7 Å². The van der Waals surface area contributed by atoms with Crippen LogP contribution in [0.4, 0.5) is 28.9 Å². The third-order valence-electron chi connectivity index (χ3n) is 6.23. The average molecular weight is 629 g/mol. The van der Waals surface area contributed by atoms with Crippen LogP contribution in [-0.2, 0) is 0 Å². The number of halogens is 6. The quantitative estimate of drug-likeness (QED) is 0.160. The van der Waals surface area contributed by atoms with Gasteiger partial charge in [-0.3, -0.25) is 5.01 Å². The molecule has 5 nitrogen and oxygen atoms in total. The Morgan fingerprint density at radius 3 is 2.06 bits per heavy atom. The largest absolute Gasteiger partial charge is 0.394 e. The second-order valence-electron chi connectivity index (χ2n) is 9.58. The molecule has 194 valence electrons. The number of anilines is 1. The molecule has 35 heavy (non-hydrogen) atoms. The van der Waals surface area contributed by atoms with E-state index in [4.69, 9.17) is 5.73 Å². The van der Waals surface area contributed by atoms with Crippen LogP contribution in [-0.4, -0.2) is 23.2 Å². The molecule has 3 N–H and O–H groups in total. The van der Waals surface area contributed by atoms with Crippen molar-refractivity contribution in [1.29, 1.82) is 0 Å². The van der Waals surface area contributed by atoms with Gasteiger partial charge in [-0.25, -0.2) is 17.6 Å². The molecule has 2 atom stereocenters. The Bertz CT molecular complexity index is 1000. The van der Waals surface area contributed by atoms with Crippen LogP contribution in [0.15, 0.2) is 34.6 Å². The summed E-state index contributed by atoms with van der Waals surface area (Å²) in [6.45, 7) is 5.89. The summed E-state index contributed by atoms with van der Waals surface area (Å²) in [5.41, 5.74) is 4.89. The van der Waals surface area contributed by atoms with Crippen molar-refractivity contribution >= 4 is 46.4 Å². The lowest BCUT2D eigenvalue weighted by molar-refractivity contribution is 0.104. The number of nitrogens with zero attached hydrogens (tertiary/aromatic N) is 3. The van der Waals surface area contributed by atoms with Gasteiger partial charge in [0.25, 0.3) is 0 Å². The molecule has 2 aromatic carbocycles. The zero-order chi connectivity index (χ0) is 25.0. The maximum atomic E-state index is 13.4. The smallest absolute Gasteiger partial charge is 0.159 e. The van der Waals surface area contributed by atoms with E-state index in [1.165, 1.54) is 12.1 Å². The van der Waals surface area contributed by atoms with E-state index < -0.39 is 35.1 Å². The van der Waals surface area contributed by atoms with Crippen molar-refractivity contribution in [3.8, 4) is 0 Å². The van der Waals surface area contributed by atoms with E-state index in [2.05, 4.69) is 24.2 Å². The number of benzene rings is 2. The van der Waals surface area contributed by atoms with Gasteiger partial charge >= 0.3 is 0 Å². The molecule has 1 saturated carbocycles. The van der Waals surface area contributed by atoms with E-state index in [9.17, 15) is 22.7 Å². The van der Waals surface area contributed by atoms with Crippen LogP contribution in [0.2, 0.25) is 0 Å². The van der Waals surface area contributed by atoms with Crippen molar-refractivity contribution in [2.24, 2.45) is 21.7 Å². The molecule has 4 rings (SSSR count). The third kappa shape index (κ3) is 7.91. The number of hydrogen-bond acceptors (Lipinski definition) is 4. The van der Waals surface area contributed by atoms with Crippen molar-refractivity contribution < 1.29 is 22.7 Å². The van der Waals surface area contributed by atoms with Gasteiger partial charge in [-0.2, -0.15) is 0 Å². The Kier molecular flexibility index (Phi) is 10.6. The van der Waals surface area contributed by atoms with E-state index in [1.807, 2.05) is 22.6 Å². The standard InChI is InChI=1S/C14H19F2NO.C10H10F2IN3.ClH/c1-14(2)4-3-8(7-14)13(18)9-5-10(15)12(17)11(16)6-9;11-8-5-7(13)6-9(12)10(8)14-15-16-3-1-2-4-16;/h5-6,8,13,18H,3-4,7,17H2,1-2H3;5-6H,1-4H2;1H/t8-,13+;;/m0../s1. The number of rotatable bonds is 4. The minimum Gasteiger partial charge on any atom is -0.394 e. The fourth-order valence-corrected chi connectivity index (χ4v) is 4.88. The summed E-state index contributed by atoms with van der Waals surface area (Å²) in [6.07, 6.45) is 4.04. The Morgan fingerprint density at radius 1 is 1.03 bits per heavy atom. The molecular weight excluding hydrogens is 599 g/mol. The van der Waals surface area contributed by atoms with Crippen LogP contribution >= 0.6 is 35.0 Å². The molecule has 1 aliphatic carbocycles. The zero-order valence-corrected chi connectivity index (χ0v) is 22.6. The highest BCUT2D eigenvalue weighted by atomic mass is 127. The van der Waals surface area contributed by atoms with E-state index in [1.54, 1.807) is 5.01 Å². The average Bonchev–Trinajstić information content (AvgIpc) is 3.40. The first-order valence-corrected chi connectivity index (χ1v) is 12.3. The number of aliphatic hydroxyl groups is 1. The van der Waals surface area contributed by atoms with E-state index in [-0.39, 0.29) is 35.0 Å². The minimum absolute atomic E-state index is 0. The highest BCUT2D eigenvalue weighted by Crippen LogP contribution is 2.46. The summed E-state index contributed by atoms with van der Waals surface area (Å²) >= 11 is 1.85. The predicted molar refractivity (Wildman–Crippen MR) is 138 cm³/mol. The monoisotopic (exact) mass is 628 g/mol. The molecule has 0 aromatic heterocycles. The molecule has 0 radical (unpaired) electrons. The molecule has 2 aliphatic rings. The van der Waals surface area contributed by atoms with Crippen LogP contribution < -0.4 is 5.73 Å². The summed E-state index contributed by atoms with van der Waals surface area (Å²) in [7, 11) is 0. The summed E-state index contributed by atoms with van der Waals surface area (Å²) in [5.74, 6) is -2.90. The highest BCUT2D eigenvalue weighted by molar-refractivity contribution is 14.1. The van der Waals surface area contributed by atoms with Gasteiger partial charge in [0.1, 0.15) is 17.3 Å². The predicted octanol–water partition coefficient (Wildman–Crippen LogP) is 7.49. The van der Waals surface area contributed by atoms with Crippen LogP contribution in [0, 0.1) is 38.2 Å². The van der Waals surface area contributed by atoms with Crippen molar-refractivity contribution in [3.63, 3.8) is 0 Å². The van der Waals surface area contributed by atoms with Gasteiger partial charge in [0.15, 0.2) is 17.3 Å². The normalized spacial score (nSPS) is 19.9. The number of nitrogen functional groups attached to an aromatic ring is 1. The second-order valence-corrected chi connectivity index (χ2v) is 10.8. The van der Waals surface area contributed by atoms with Crippen LogP contribution in [0.3, 0.4) is 0 Å². The van der Waals surface area contributed by atoms with Gasteiger partial charge in [-0.1, -0.05) is 19.1 Å². The zero-order valence-electron chi connectivity index (χ0n) is 19.6. The van der Waals surface area contributed by atoms with Gasteiger partial charge in [0, 0.05) is 16.7 Å². The molecule has 0 bridgehead atoms. The second kappa shape index (κ2) is 12.5. The molecule has 2 fully saturated rings. The highest BCUT2D eigenvalue weighted by Gasteiger charge is 2.35. The Morgan fingerprint density at radius 2 is 1.57 bits per heavy atom. The first-order chi connectivity index (χ1) is 16.0. The molecule has 0 amide bonds. The Labute approximate surface area is 222 Å². The number of aliphatic hydroxyl groups excluding tert-OH is 1. The first kappa shape index (κ1) is 29.6. The molecule has 1 saturated heterocycles. The van der Waals surface area contributed by atoms with Crippen molar-refractivity contribution in [1.82, 2.24) is 5.01 Å². The third-order valence-corrected chi connectivity index (χ3v) is 6.85. The van der Waals surface area contributed by atoms with E-state index >= 15 is 0 Å². The molecule has 0 unspecified atom stereocenters. The summed E-state index contributed by atoms with van der Waals surface area (Å²) in [5, 5.41) is 19.4. The van der Waals surface area contributed by atoms with E-state index in [0.717, 1.165) is 57.3 Å². The van der Waals surface area contributed by atoms with E-state index in [0.29, 0.717) is 3.57 Å². The first-order valence-electron chi connectivity index (χ1n) is 11.2. The number of nitrogens with two attached hydrogens (primary N) is 1. The van der Waals surface area contributed by atoms with Gasteiger partial charge in [-0.05, 0) is 95.9 Å². The topological polar surface area (TPSA) is 74.2 Å². The lowest BCUT2D eigenvalue weighted by Gasteiger charge is -2.21. The SMILES string of the molecule is CC1(C)CC[C@H]([C@@H](O)c2cc(F)c(N)c(F)c2)C1.Cl.Fc1cc(I)cc(F)c1N=NN1CCCC1. The van der Waals surface area contributed by atoms with Gasteiger partial charge in [0.2, 0.25) is 0 Å². The minimum atomic E-state index is -0.823. The summed E-state index contributed by atoms with van der Waals surface area (Å²) < 4.78 is 54.0. The molecule has 0 spiro atoms. The number of hydrogen-bond donors (Lipinski definition) is 2. The lowest BCUT2D eigenvalue weighted by atomic mass is 9.87. The Balaban J connectivity index is 0.000000241. The molecule has 1 heterocycles. The van der Waals surface area contributed by atoms with Crippen LogP contribution in [0.5, 0.6) is 0 Å². The molecule has 11 heteroatoms. The van der Waals surface area contributed by atoms with Gasteiger partial charge in [-0.15, -0.1) is 17.5 Å². The fraction of sp³-hybridized carbons (Fsp3) is 0.500. The maximum absolute atomic E-state index is 13.4. The van der Waals surface area contributed by atoms with Gasteiger partial charge in [0.05, 0.1) is 6.10 Å².